The zero-order chi connectivity index (χ0) is 16.5. The highest BCUT2D eigenvalue weighted by molar-refractivity contribution is 5.97. The van der Waals surface area contributed by atoms with Gasteiger partial charge in [-0.25, -0.2) is 4.98 Å². The first-order chi connectivity index (χ1) is 11.7. The Hall–Kier alpha value is -2.15. The Morgan fingerprint density at radius 2 is 2.17 bits per heavy atom. The number of nitrogens with zero attached hydrogens (tertiary/aromatic N) is 5. The number of imidazole rings is 1. The lowest BCUT2D eigenvalue weighted by atomic mass is 9.97. The number of anilines is 1. The summed E-state index contributed by atoms with van der Waals surface area (Å²) in [5.74, 6) is 1.71. The molecule has 2 aliphatic rings. The van der Waals surface area contributed by atoms with E-state index >= 15 is 0 Å². The van der Waals surface area contributed by atoms with E-state index in [2.05, 4.69) is 26.2 Å². The molecule has 0 saturated carbocycles. The molecule has 7 nitrogen and oxygen atoms in total. The largest absolute Gasteiger partial charge is 0.335 e. The number of hydrogen-bond acceptors (Lipinski definition) is 4. The van der Waals surface area contributed by atoms with Crippen LogP contribution >= 0.6 is 0 Å². The summed E-state index contributed by atoms with van der Waals surface area (Å²) in [6.07, 6.45) is 11.8. The van der Waals surface area contributed by atoms with E-state index < -0.39 is 0 Å². The van der Waals surface area contributed by atoms with Crippen molar-refractivity contribution in [3.63, 3.8) is 0 Å². The predicted octanol–water partition coefficient (Wildman–Crippen LogP) is 1.28. The minimum atomic E-state index is -0.107. The summed E-state index contributed by atoms with van der Waals surface area (Å²) in [6, 6.07) is -0.107. The highest BCUT2D eigenvalue weighted by Gasteiger charge is 2.31. The van der Waals surface area contributed by atoms with Gasteiger partial charge in [0, 0.05) is 51.2 Å². The van der Waals surface area contributed by atoms with Gasteiger partial charge in [0.2, 0.25) is 5.91 Å². The van der Waals surface area contributed by atoms with Gasteiger partial charge in [-0.2, -0.15) is 5.10 Å². The van der Waals surface area contributed by atoms with Crippen molar-refractivity contribution in [1.82, 2.24) is 24.6 Å². The van der Waals surface area contributed by atoms with Crippen LogP contribution in [0.2, 0.25) is 0 Å². The first kappa shape index (κ1) is 15.4. The van der Waals surface area contributed by atoms with E-state index in [9.17, 15) is 4.79 Å². The summed E-state index contributed by atoms with van der Waals surface area (Å²) >= 11 is 0. The minimum absolute atomic E-state index is 0.107. The summed E-state index contributed by atoms with van der Waals surface area (Å²) in [6.45, 7) is 2.65. The van der Waals surface area contributed by atoms with E-state index in [4.69, 9.17) is 0 Å². The Morgan fingerprint density at radius 3 is 3.00 bits per heavy atom. The molecule has 1 saturated heterocycles. The van der Waals surface area contributed by atoms with Gasteiger partial charge in [-0.3, -0.25) is 9.48 Å². The molecule has 24 heavy (non-hydrogen) atoms. The third-order valence-corrected chi connectivity index (χ3v) is 5.12. The van der Waals surface area contributed by atoms with E-state index in [0.29, 0.717) is 5.92 Å². The second-order valence-electron chi connectivity index (χ2n) is 6.78. The second kappa shape index (κ2) is 6.39. The van der Waals surface area contributed by atoms with Gasteiger partial charge in [-0.05, 0) is 25.7 Å². The molecule has 1 amide bonds. The van der Waals surface area contributed by atoms with Crippen molar-refractivity contribution in [3.8, 4) is 0 Å². The number of amides is 1. The van der Waals surface area contributed by atoms with Gasteiger partial charge in [0.1, 0.15) is 5.82 Å². The van der Waals surface area contributed by atoms with Crippen LogP contribution in [0.4, 0.5) is 5.69 Å². The molecule has 2 aliphatic heterocycles. The van der Waals surface area contributed by atoms with Gasteiger partial charge in [0.15, 0.2) is 0 Å². The molecule has 1 fully saturated rings. The third kappa shape index (κ3) is 2.84. The number of rotatable bonds is 4. The van der Waals surface area contributed by atoms with Crippen LogP contribution in [0.3, 0.4) is 0 Å². The summed E-state index contributed by atoms with van der Waals surface area (Å²) in [4.78, 5) is 19.2. The zero-order valence-corrected chi connectivity index (χ0v) is 14.1. The summed E-state index contributed by atoms with van der Waals surface area (Å²) in [5.41, 5.74) is 0.891. The monoisotopic (exact) mass is 328 g/mol. The van der Waals surface area contributed by atoms with Gasteiger partial charge >= 0.3 is 0 Å². The van der Waals surface area contributed by atoms with Crippen molar-refractivity contribution in [3.05, 3.63) is 30.6 Å². The Kier molecular flexibility index (Phi) is 4.10. The van der Waals surface area contributed by atoms with Crippen LogP contribution < -0.4 is 10.2 Å². The van der Waals surface area contributed by atoms with Crippen LogP contribution in [0, 0.1) is 0 Å². The molecule has 2 aromatic heterocycles. The van der Waals surface area contributed by atoms with Gasteiger partial charge < -0.3 is 14.8 Å². The summed E-state index contributed by atoms with van der Waals surface area (Å²) in [7, 11) is 1.87. The Morgan fingerprint density at radius 1 is 1.29 bits per heavy atom. The molecular weight excluding hydrogens is 304 g/mol. The van der Waals surface area contributed by atoms with Crippen molar-refractivity contribution in [2.24, 2.45) is 7.05 Å². The average Bonchev–Trinajstić information content (AvgIpc) is 3.23. The fourth-order valence-corrected chi connectivity index (χ4v) is 3.85. The van der Waals surface area contributed by atoms with Crippen molar-refractivity contribution in [2.45, 2.75) is 44.2 Å². The first-order valence-corrected chi connectivity index (χ1v) is 8.77. The molecule has 0 spiro atoms. The number of aryl methyl sites for hydroxylation is 2. The smallest absolute Gasteiger partial charge is 0.244 e. The number of nitrogens with one attached hydrogen (secondary N) is 1. The molecule has 7 heteroatoms. The Labute approximate surface area is 141 Å². The lowest BCUT2D eigenvalue weighted by Crippen LogP contribution is -2.51. The maximum absolute atomic E-state index is 12.8. The fraction of sp³-hybridized carbons (Fsp3) is 0.588. The third-order valence-electron chi connectivity index (χ3n) is 5.12. The molecule has 0 aromatic carbocycles. The van der Waals surface area contributed by atoms with Crippen LogP contribution in [0.25, 0.3) is 0 Å². The molecule has 4 rings (SSSR count). The van der Waals surface area contributed by atoms with Crippen LogP contribution in [-0.2, 0) is 18.4 Å². The van der Waals surface area contributed by atoms with E-state index in [-0.39, 0.29) is 11.9 Å². The maximum atomic E-state index is 12.8. The van der Waals surface area contributed by atoms with E-state index in [1.807, 2.05) is 24.3 Å². The molecule has 128 valence electrons. The number of hydrogen-bond donors (Lipinski definition) is 1. The van der Waals surface area contributed by atoms with E-state index in [1.165, 1.54) is 6.42 Å². The molecule has 0 bridgehead atoms. The lowest BCUT2D eigenvalue weighted by molar-refractivity contribution is -0.121. The molecule has 0 unspecified atom stereocenters. The quantitative estimate of drug-likeness (QED) is 0.918. The number of carbonyl (C=O) groups excluding carboxylic acids is 1. The Balaban J connectivity index is 1.41. The van der Waals surface area contributed by atoms with Gasteiger partial charge in [0.05, 0.1) is 17.9 Å². The highest BCUT2D eigenvalue weighted by Crippen LogP contribution is 2.26. The van der Waals surface area contributed by atoms with Crippen molar-refractivity contribution >= 4 is 11.6 Å². The van der Waals surface area contributed by atoms with Crippen LogP contribution in [-0.4, -0.2) is 44.4 Å². The van der Waals surface area contributed by atoms with Crippen LogP contribution in [0.15, 0.2) is 24.8 Å². The summed E-state index contributed by atoms with van der Waals surface area (Å²) in [5, 5.41) is 7.69. The molecule has 0 radical (unpaired) electrons. The van der Waals surface area contributed by atoms with Gasteiger partial charge in [-0.1, -0.05) is 0 Å². The molecule has 0 aliphatic carbocycles. The SMILES string of the molecule is Cn1cc(N2CCC[C@H](NC[C@@H]3CCCn4ccnc43)C2=O)cn1. The van der Waals surface area contributed by atoms with Crippen LogP contribution in [0.1, 0.15) is 37.4 Å². The highest BCUT2D eigenvalue weighted by atomic mass is 16.2. The van der Waals surface area contributed by atoms with E-state index in [0.717, 1.165) is 50.4 Å². The number of piperidine rings is 1. The zero-order valence-electron chi connectivity index (χ0n) is 14.1. The normalized spacial score (nSPS) is 24.2. The first-order valence-electron chi connectivity index (χ1n) is 8.77. The summed E-state index contributed by atoms with van der Waals surface area (Å²) < 4.78 is 3.97. The second-order valence-corrected chi connectivity index (χ2v) is 6.78. The minimum Gasteiger partial charge on any atom is -0.335 e. The molecular formula is C17H24N6O. The number of aromatic nitrogens is 4. The fourth-order valence-electron chi connectivity index (χ4n) is 3.85. The maximum Gasteiger partial charge on any atom is 0.244 e. The van der Waals surface area contributed by atoms with Crippen molar-refractivity contribution in [2.75, 3.05) is 18.0 Å². The van der Waals surface area contributed by atoms with Crippen molar-refractivity contribution in [1.29, 1.82) is 0 Å². The average molecular weight is 328 g/mol. The van der Waals surface area contributed by atoms with Gasteiger partial charge in [-0.15, -0.1) is 0 Å². The molecule has 2 aromatic rings. The topological polar surface area (TPSA) is 68.0 Å². The molecule has 1 N–H and O–H groups in total. The standard InChI is InChI=1S/C17H24N6O/c1-21-12-14(11-20-21)23-8-3-5-15(17(23)24)19-10-13-4-2-7-22-9-6-18-16(13)22/h6,9,11-13,15,19H,2-5,7-8,10H2,1H3/t13-,15-/m0/s1. The van der Waals surface area contributed by atoms with Gasteiger partial charge in [0.25, 0.3) is 0 Å². The molecule has 2 atom stereocenters. The van der Waals surface area contributed by atoms with Crippen molar-refractivity contribution < 1.29 is 4.79 Å². The van der Waals surface area contributed by atoms with E-state index in [1.54, 1.807) is 10.9 Å². The number of fused-ring (bicyclic) bond motifs is 1. The predicted molar refractivity (Wildman–Crippen MR) is 90.8 cm³/mol. The number of carbonyl (C=O) groups is 1. The lowest BCUT2D eigenvalue weighted by Gasteiger charge is -2.33. The van der Waals surface area contributed by atoms with Crippen LogP contribution in [0.5, 0.6) is 0 Å². The Bertz CT molecular complexity index is 720. The molecule has 4 heterocycles.